The number of rotatable bonds is 3. The fourth-order valence-corrected chi connectivity index (χ4v) is 4.16. The van der Waals surface area contributed by atoms with Gasteiger partial charge in [0.15, 0.2) is 12.7 Å². The highest BCUT2D eigenvalue weighted by Crippen LogP contribution is 2.30. The molecule has 0 aromatic carbocycles. The SMILES string of the molecule is Cc1ccn2c(c1)c(C(C)(C)C)c[n+]2CC(C)(C)c1cnn2c(C)cccc12. The quantitative estimate of drug-likeness (QED) is 0.474. The molecule has 4 aromatic heterocycles. The highest BCUT2D eigenvalue weighted by Gasteiger charge is 2.33. The van der Waals surface area contributed by atoms with Gasteiger partial charge in [0.05, 0.1) is 28.9 Å². The molecule has 4 heterocycles. The second-order valence-corrected chi connectivity index (χ2v) is 9.73. The van der Waals surface area contributed by atoms with E-state index in [2.05, 4.69) is 105 Å². The minimum absolute atomic E-state index is 0.0610. The monoisotopic (exact) mass is 375 g/mol. The van der Waals surface area contributed by atoms with Crippen LogP contribution in [0, 0.1) is 13.8 Å². The zero-order chi connectivity index (χ0) is 20.3. The molecule has 0 aliphatic heterocycles. The summed E-state index contributed by atoms with van der Waals surface area (Å²) in [5.74, 6) is 0. The molecule has 146 valence electrons. The Bertz CT molecular complexity index is 1170. The highest BCUT2D eigenvalue weighted by atomic mass is 15.4. The van der Waals surface area contributed by atoms with Crippen molar-refractivity contribution in [3.8, 4) is 0 Å². The second kappa shape index (κ2) is 6.20. The molecule has 4 heteroatoms. The first-order valence-corrected chi connectivity index (χ1v) is 10.0. The van der Waals surface area contributed by atoms with Crippen LogP contribution < -0.4 is 4.68 Å². The summed E-state index contributed by atoms with van der Waals surface area (Å²) in [6, 6.07) is 10.9. The lowest BCUT2D eigenvalue weighted by molar-refractivity contribution is -0.766. The lowest BCUT2D eigenvalue weighted by Crippen LogP contribution is -2.47. The first-order valence-electron chi connectivity index (χ1n) is 10.0. The van der Waals surface area contributed by atoms with E-state index in [-0.39, 0.29) is 10.8 Å². The number of aryl methyl sites for hydroxylation is 2. The average molecular weight is 376 g/mol. The maximum atomic E-state index is 4.65. The van der Waals surface area contributed by atoms with Crippen LogP contribution >= 0.6 is 0 Å². The highest BCUT2D eigenvalue weighted by molar-refractivity contribution is 5.58. The summed E-state index contributed by atoms with van der Waals surface area (Å²) in [7, 11) is 0. The van der Waals surface area contributed by atoms with Crippen molar-refractivity contribution in [2.45, 2.75) is 65.8 Å². The Kier molecular flexibility index (Phi) is 4.14. The Morgan fingerprint density at radius 2 is 1.71 bits per heavy atom. The molecule has 0 aliphatic carbocycles. The Morgan fingerprint density at radius 1 is 0.964 bits per heavy atom. The molecule has 0 radical (unpaired) electrons. The van der Waals surface area contributed by atoms with Crippen LogP contribution in [0.2, 0.25) is 0 Å². The minimum atomic E-state index is -0.0610. The average Bonchev–Trinajstić information content (AvgIpc) is 3.17. The van der Waals surface area contributed by atoms with Crippen LogP contribution in [0.1, 0.15) is 57.0 Å². The fourth-order valence-electron chi connectivity index (χ4n) is 4.16. The Balaban J connectivity index is 1.84. The molecule has 28 heavy (non-hydrogen) atoms. The van der Waals surface area contributed by atoms with Gasteiger partial charge in [0, 0.05) is 11.3 Å². The van der Waals surface area contributed by atoms with E-state index in [1.165, 1.54) is 27.7 Å². The van der Waals surface area contributed by atoms with Crippen molar-refractivity contribution in [3.05, 3.63) is 71.3 Å². The van der Waals surface area contributed by atoms with Crippen LogP contribution in [0.4, 0.5) is 0 Å². The smallest absolute Gasteiger partial charge is 0.200 e. The van der Waals surface area contributed by atoms with Crippen molar-refractivity contribution in [3.63, 3.8) is 0 Å². The number of pyridine rings is 2. The van der Waals surface area contributed by atoms with E-state index in [1.807, 2.05) is 10.7 Å². The molecular formula is C24H31N4+. The van der Waals surface area contributed by atoms with Crippen molar-refractivity contribution in [1.82, 2.24) is 14.1 Å². The third-order valence-corrected chi connectivity index (χ3v) is 5.75. The summed E-state index contributed by atoms with van der Waals surface area (Å²) in [6.45, 7) is 16.6. The van der Waals surface area contributed by atoms with Gasteiger partial charge in [-0.2, -0.15) is 5.10 Å². The van der Waals surface area contributed by atoms with Crippen molar-refractivity contribution >= 4 is 11.0 Å². The van der Waals surface area contributed by atoms with E-state index >= 15 is 0 Å². The lowest BCUT2D eigenvalue weighted by Gasteiger charge is -2.20. The van der Waals surface area contributed by atoms with Crippen LogP contribution in [-0.2, 0) is 17.4 Å². The van der Waals surface area contributed by atoms with E-state index < -0.39 is 0 Å². The van der Waals surface area contributed by atoms with Gasteiger partial charge in [-0.25, -0.2) is 4.52 Å². The number of hydrogen-bond donors (Lipinski definition) is 0. The van der Waals surface area contributed by atoms with Gasteiger partial charge in [-0.1, -0.05) is 26.8 Å². The number of hydrogen-bond acceptors (Lipinski definition) is 1. The van der Waals surface area contributed by atoms with Gasteiger partial charge in [-0.3, -0.25) is 0 Å². The Morgan fingerprint density at radius 3 is 2.43 bits per heavy atom. The van der Waals surface area contributed by atoms with Crippen LogP contribution in [-0.4, -0.2) is 14.1 Å². The predicted octanol–water partition coefficient (Wildman–Crippen LogP) is 4.77. The molecule has 0 saturated heterocycles. The largest absolute Gasteiger partial charge is 0.238 e. The number of fused-ring (bicyclic) bond motifs is 2. The van der Waals surface area contributed by atoms with E-state index in [4.69, 9.17) is 0 Å². The molecule has 4 nitrogen and oxygen atoms in total. The Labute approximate surface area is 167 Å². The molecule has 0 fully saturated rings. The van der Waals surface area contributed by atoms with Gasteiger partial charge in [0.25, 0.3) is 0 Å². The fraction of sp³-hybridized carbons (Fsp3) is 0.417. The lowest BCUT2D eigenvalue weighted by atomic mass is 9.85. The summed E-state index contributed by atoms with van der Waals surface area (Å²) < 4.78 is 6.70. The molecule has 0 atom stereocenters. The molecular weight excluding hydrogens is 344 g/mol. The minimum Gasteiger partial charge on any atom is -0.238 e. The van der Waals surface area contributed by atoms with Crippen molar-refractivity contribution in [2.75, 3.05) is 0 Å². The number of aromatic nitrogens is 4. The summed E-state index contributed by atoms with van der Waals surface area (Å²) in [6.07, 6.45) is 6.55. The molecule has 0 N–H and O–H groups in total. The molecule has 0 amide bonds. The Hall–Kier alpha value is -2.62. The van der Waals surface area contributed by atoms with E-state index in [9.17, 15) is 0 Å². The third-order valence-electron chi connectivity index (χ3n) is 5.75. The zero-order valence-electron chi connectivity index (χ0n) is 18.1. The first kappa shape index (κ1) is 18.7. The van der Waals surface area contributed by atoms with Gasteiger partial charge >= 0.3 is 0 Å². The molecule has 0 saturated carbocycles. The van der Waals surface area contributed by atoms with Gasteiger partial charge in [0.1, 0.15) is 5.52 Å². The van der Waals surface area contributed by atoms with Crippen molar-refractivity contribution in [1.29, 1.82) is 0 Å². The van der Waals surface area contributed by atoms with Gasteiger partial charge in [-0.15, -0.1) is 9.20 Å². The molecule has 0 spiro atoms. The molecule has 0 bridgehead atoms. The van der Waals surface area contributed by atoms with Crippen molar-refractivity contribution < 1.29 is 4.68 Å². The summed E-state index contributed by atoms with van der Waals surface area (Å²) in [4.78, 5) is 0. The second-order valence-electron chi connectivity index (χ2n) is 9.73. The van der Waals surface area contributed by atoms with Gasteiger partial charge < -0.3 is 0 Å². The molecule has 4 aromatic rings. The summed E-state index contributed by atoms with van der Waals surface area (Å²) in [5.41, 5.74) is 7.62. The van der Waals surface area contributed by atoms with Crippen LogP contribution in [0.15, 0.2) is 48.9 Å². The standard InChI is InChI=1S/C24H31N4/c1-17-11-12-27-22(13-17)20(23(3,4)5)15-26(27)16-24(6,7)19-14-25-28-18(2)9-8-10-21(19)28/h8-15H,16H2,1-7H3/q+1. The summed E-state index contributed by atoms with van der Waals surface area (Å²) >= 11 is 0. The number of nitrogens with zero attached hydrogens (tertiary/aromatic N) is 4. The van der Waals surface area contributed by atoms with E-state index in [1.54, 1.807) is 0 Å². The van der Waals surface area contributed by atoms with Crippen LogP contribution in [0.3, 0.4) is 0 Å². The van der Waals surface area contributed by atoms with Gasteiger partial charge in [0.2, 0.25) is 0 Å². The predicted molar refractivity (Wildman–Crippen MR) is 114 cm³/mol. The maximum absolute atomic E-state index is 4.65. The normalized spacial score (nSPS) is 13.0. The van der Waals surface area contributed by atoms with Crippen LogP contribution in [0.25, 0.3) is 11.0 Å². The molecule has 4 rings (SSSR count). The van der Waals surface area contributed by atoms with Gasteiger partial charge in [-0.05, 0) is 62.9 Å². The first-order chi connectivity index (χ1) is 13.1. The molecule has 0 aliphatic rings. The van der Waals surface area contributed by atoms with Crippen LogP contribution in [0.5, 0.6) is 0 Å². The topological polar surface area (TPSA) is 25.6 Å². The van der Waals surface area contributed by atoms with E-state index in [0.717, 1.165) is 12.2 Å². The summed E-state index contributed by atoms with van der Waals surface area (Å²) in [5, 5.41) is 4.65. The third kappa shape index (κ3) is 3.01. The molecule has 0 unspecified atom stereocenters. The maximum Gasteiger partial charge on any atom is 0.200 e. The zero-order valence-corrected chi connectivity index (χ0v) is 18.1. The van der Waals surface area contributed by atoms with E-state index in [0.29, 0.717) is 0 Å². The van der Waals surface area contributed by atoms with Crippen molar-refractivity contribution in [2.24, 2.45) is 0 Å².